The molecule has 64 valence electrons. The molecule has 2 unspecified atom stereocenters. The van der Waals surface area contributed by atoms with Crippen molar-refractivity contribution in [3.8, 4) is 0 Å². The van der Waals surface area contributed by atoms with Crippen molar-refractivity contribution >= 4 is 5.91 Å². The van der Waals surface area contributed by atoms with Crippen molar-refractivity contribution in [3.05, 3.63) is 12.7 Å². The predicted octanol–water partition coefficient (Wildman–Crippen LogP) is 0.291. The number of carbonyl (C=O) groups is 1. The SMILES string of the molecule is C=CC(O)C(C(N)=O)C(C)C. The fraction of sp³-hybridized carbons (Fsp3) is 0.625. The van der Waals surface area contributed by atoms with Gasteiger partial charge >= 0.3 is 0 Å². The normalized spacial score (nSPS) is 16.0. The Kier molecular flexibility index (Phi) is 3.82. The van der Waals surface area contributed by atoms with Gasteiger partial charge in [-0.3, -0.25) is 4.79 Å². The largest absolute Gasteiger partial charge is 0.388 e. The molecule has 0 fully saturated rings. The van der Waals surface area contributed by atoms with Gasteiger partial charge in [0, 0.05) is 0 Å². The zero-order chi connectivity index (χ0) is 9.02. The Balaban J connectivity index is 4.33. The molecule has 0 aromatic carbocycles. The lowest BCUT2D eigenvalue weighted by Crippen LogP contribution is -2.36. The predicted molar refractivity (Wildman–Crippen MR) is 43.7 cm³/mol. The van der Waals surface area contributed by atoms with Gasteiger partial charge in [-0.1, -0.05) is 19.9 Å². The molecule has 0 saturated heterocycles. The first-order valence-corrected chi connectivity index (χ1v) is 3.60. The summed E-state index contributed by atoms with van der Waals surface area (Å²) in [7, 11) is 0. The van der Waals surface area contributed by atoms with E-state index in [1.807, 2.05) is 13.8 Å². The maximum Gasteiger partial charge on any atom is 0.223 e. The molecule has 0 aromatic rings. The van der Waals surface area contributed by atoms with E-state index < -0.39 is 17.9 Å². The second-order valence-electron chi connectivity index (χ2n) is 2.90. The van der Waals surface area contributed by atoms with E-state index in [-0.39, 0.29) is 5.92 Å². The molecule has 3 nitrogen and oxygen atoms in total. The van der Waals surface area contributed by atoms with Crippen molar-refractivity contribution in [2.45, 2.75) is 20.0 Å². The molecule has 3 heteroatoms. The molecule has 0 aliphatic rings. The quantitative estimate of drug-likeness (QED) is 0.576. The summed E-state index contributed by atoms with van der Waals surface area (Å²) in [6.07, 6.45) is 0.502. The van der Waals surface area contributed by atoms with Crippen molar-refractivity contribution in [1.29, 1.82) is 0 Å². The summed E-state index contributed by atoms with van der Waals surface area (Å²) >= 11 is 0. The van der Waals surface area contributed by atoms with E-state index in [1.165, 1.54) is 6.08 Å². The molecule has 0 radical (unpaired) electrons. The van der Waals surface area contributed by atoms with Crippen LogP contribution in [0.4, 0.5) is 0 Å². The number of carbonyl (C=O) groups excluding carboxylic acids is 1. The first-order valence-electron chi connectivity index (χ1n) is 3.60. The van der Waals surface area contributed by atoms with Crippen LogP contribution in [-0.2, 0) is 4.79 Å². The van der Waals surface area contributed by atoms with Crippen LogP contribution >= 0.6 is 0 Å². The lowest BCUT2D eigenvalue weighted by molar-refractivity contribution is -0.125. The van der Waals surface area contributed by atoms with Gasteiger partial charge in [-0.2, -0.15) is 0 Å². The molecular weight excluding hydrogens is 142 g/mol. The van der Waals surface area contributed by atoms with Gasteiger partial charge in [-0.25, -0.2) is 0 Å². The van der Waals surface area contributed by atoms with Gasteiger partial charge in [0.1, 0.15) is 0 Å². The van der Waals surface area contributed by atoms with Crippen LogP contribution in [0.1, 0.15) is 13.8 Å². The topological polar surface area (TPSA) is 63.3 Å². The van der Waals surface area contributed by atoms with Crippen LogP contribution in [0.15, 0.2) is 12.7 Å². The van der Waals surface area contributed by atoms with Crippen LogP contribution in [-0.4, -0.2) is 17.1 Å². The van der Waals surface area contributed by atoms with E-state index in [4.69, 9.17) is 5.73 Å². The Hall–Kier alpha value is -0.830. The minimum absolute atomic E-state index is 0.0421. The monoisotopic (exact) mass is 157 g/mol. The van der Waals surface area contributed by atoms with Gasteiger partial charge in [0.05, 0.1) is 12.0 Å². The molecule has 0 bridgehead atoms. The van der Waals surface area contributed by atoms with E-state index in [9.17, 15) is 9.90 Å². The summed E-state index contributed by atoms with van der Waals surface area (Å²) in [6, 6.07) is 0. The van der Waals surface area contributed by atoms with Gasteiger partial charge in [0.2, 0.25) is 5.91 Å². The molecule has 1 amide bonds. The highest BCUT2D eigenvalue weighted by Gasteiger charge is 2.25. The number of aliphatic hydroxyl groups is 1. The van der Waals surface area contributed by atoms with E-state index in [0.717, 1.165) is 0 Å². The highest BCUT2D eigenvalue weighted by Crippen LogP contribution is 2.15. The second-order valence-corrected chi connectivity index (χ2v) is 2.90. The second kappa shape index (κ2) is 4.13. The maximum atomic E-state index is 10.8. The molecule has 11 heavy (non-hydrogen) atoms. The minimum atomic E-state index is -0.826. The summed E-state index contributed by atoms with van der Waals surface area (Å²) in [5.41, 5.74) is 5.07. The van der Waals surface area contributed by atoms with Crippen LogP contribution in [0.5, 0.6) is 0 Å². The summed E-state index contributed by atoms with van der Waals surface area (Å²) in [4.78, 5) is 10.8. The van der Waals surface area contributed by atoms with Crippen LogP contribution in [0.25, 0.3) is 0 Å². The van der Waals surface area contributed by atoms with Crippen LogP contribution in [0, 0.1) is 11.8 Å². The number of rotatable bonds is 4. The van der Waals surface area contributed by atoms with Crippen molar-refractivity contribution in [2.24, 2.45) is 17.6 Å². The summed E-state index contributed by atoms with van der Waals surface area (Å²) < 4.78 is 0. The van der Waals surface area contributed by atoms with Crippen LogP contribution < -0.4 is 5.73 Å². The highest BCUT2D eigenvalue weighted by atomic mass is 16.3. The Morgan fingerprint density at radius 2 is 2.09 bits per heavy atom. The third-order valence-electron chi connectivity index (χ3n) is 1.66. The Morgan fingerprint density at radius 3 is 2.18 bits per heavy atom. The average molecular weight is 157 g/mol. The number of amides is 1. The van der Waals surface area contributed by atoms with Gasteiger partial charge in [0.25, 0.3) is 0 Å². The molecule has 3 N–H and O–H groups in total. The zero-order valence-electron chi connectivity index (χ0n) is 6.95. The third kappa shape index (κ3) is 2.72. The van der Waals surface area contributed by atoms with E-state index >= 15 is 0 Å². The fourth-order valence-corrected chi connectivity index (χ4v) is 1.04. The smallest absolute Gasteiger partial charge is 0.223 e. The van der Waals surface area contributed by atoms with E-state index in [1.54, 1.807) is 0 Å². The lowest BCUT2D eigenvalue weighted by atomic mass is 9.90. The average Bonchev–Trinajstić information content (AvgIpc) is 1.85. The maximum absolute atomic E-state index is 10.8. The molecule has 0 aromatic heterocycles. The molecule has 2 atom stereocenters. The first kappa shape index (κ1) is 10.2. The van der Waals surface area contributed by atoms with E-state index in [2.05, 4.69) is 6.58 Å². The summed E-state index contributed by atoms with van der Waals surface area (Å²) in [5.74, 6) is -0.958. The summed E-state index contributed by atoms with van der Waals surface area (Å²) in [5, 5.41) is 9.24. The third-order valence-corrected chi connectivity index (χ3v) is 1.66. The minimum Gasteiger partial charge on any atom is -0.388 e. The fourth-order valence-electron chi connectivity index (χ4n) is 1.04. The first-order chi connectivity index (χ1) is 5.00. The lowest BCUT2D eigenvalue weighted by Gasteiger charge is -2.20. The molecule has 0 heterocycles. The van der Waals surface area contributed by atoms with Crippen molar-refractivity contribution < 1.29 is 9.90 Å². The molecule has 0 rings (SSSR count). The van der Waals surface area contributed by atoms with Gasteiger partial charge in [-0.15, -0.1) is 6.58 Å². The van der Waals surface area contributed by atoms with Gasteiger partial charge < -0.3 is 10.8 Å². The highest BCUT2D eigenvalue weighted by molar-refractivity contribution is 5.77. The van der Waals surface area contributed by atoms with Gasteiger partial charge in [-0.05, 0) is 5.92 Å². The standard InChI is InChI=1S/C8H15NO2/c1-4-6(10)7(5(2)3)8(9)11/h4-7,10H,1H2,2-3H3,(H2,9,11). The van der Waals surface area contributed by atoms with Crippen molar-refractivity contribution in [2.75, 3.05) is 0 Å². The molecule has 0 aliphatic carbocycles. The number of nitrogens with two attached hydrogens (primary N) is 1. The number of aliphatic hydroxyl groups excluding tert-OH is 1. The molecule has 0 saturated carbocycles. The number of hydrogen-bond acceptors (Lipinski definition) is 2. The van der Waals surface area contributed by atoms with Crippen LogP contribution in [0.2, 0.25) is 0 Å². The van der Waals surface area contributed by atoms with Crippen molar-refractivity contribution in [3.63, 3.8) is 0 Å². The van der Waals surface area contributed by atoms with Crippen LogP contribution in [0.3, 0.4) is 0 Å². The zero-order valence-corrected chi connectivity index (χ0v) is 6.95. The van der Waals surface area contributed by atoms with Crippen molar-refractivity contribution in [1.82, 2.24) is 0 Å². The number of primary amides is 1. The Morgan fingerprint density at radius 1 is 1.64 bits per heavy atom. The molecule has 0 aliphatic heterocycles. The van der Waals surface area contributed by atoms with Gasteiger partial charge in [0.15, 0.2) is 0 Å². The Bertz CT molecular complexity index is 154. The Labute approximate surface area is 66.9 Å². The number of hydrogen-bond donors (Lipinski definition) is 2. The molecule has 0 spiro atoms. The molecular formula is C8H15NO2. The summed E-state index contributed by atoms with van der Waals surface area (Å²) in [6.45, 7) is 7.06. The van der Waals surface area contributed by atoms with E-state index in [0.29, 0.717) is 0 Å².